The molecule has 10 heteroatoms. The Labute approximate surface area is 163 Å². The number of furan rings is 1. The Morgan fingerprint density at radius 1 is 1.25 bits per heavy atom. The number of oxazole rings is 1. The van der Waals surface area contributed by atoms with E-state index in [1.165, 1.54) is 47.4 Å². The van der Waals surface area contributed by atoms with Gasteiger partial charge in [0.2, 0.25) is 10.0 Å². The Morgan fingerprint density at radius 3 is 2.75 bits per heavy atom. The molecule has 2 N–H and O–H groups in total. The first-order chi connectivity index (χ1) is 13.3. The molecule has 0 aliphatic heterocycles. The summed E-state index contributed by atoms with van der Waals surface area (Å²) < 4.78 is 39.6. The molecule has 0 amide bonds. The molecule has 28 heavy (non-hydrogen) atoms. The number of hydrogen-bond acceptors (Lipinski definition) is 7. The zero-order valence-corrected chi connectivity index (χ0v) is 16.3. The molecule has 1 aromatic carbocycles. The highest BCUT2D eigenvalue weighted by Crippen LogP contribution is 2.33. The number of benzene rings is 1. The van der Waals surface area contributed by atoms with Gasteiger partial charge in [0.25, 0.3) is 0 Å². The molecule has 0 radical (unpaired) electrons. The number of nitrogens with zero attached hydrogens (tertiary/aromatic N) is 1. The van der Waals surface area contributed by atoms with Gasteiger partial charge in [0.05, 0.1) is 23.2 Å². The van der Waals surface area contributed by atoms with Gasteiger partial charge in [-0.15, -0.1) is 11.3 Å². The van der Waals surface area contributed by atoms with Gasteiger partial charge in [0, 0.05) is 11.9 Å². The monoisotopic (exact) mass is 420 g/mol. The summed E-state index contributed by atoms with van der Waals surface area (Å²) in [7, 11) is -2.49. The van der Waals surface area contributed by atoms with Gasteiger partial charge in [-0.3, -0.25) is 4.57 Å². The molecule has 4 rings (SSSR count). The van der Waals surface area contributed by atoms with Crippen LogP contribution < -0.4 is 10.5 Å². The first-order valence-corrected chi connectivity index (χ1v) is 10.6. The summed E-state index contributed by atoms with van der Waals surface area (Å²) in [5, 5.41) is 13.0. The van der Waals surface area contributed by atoms with E-state index in [-0.39, 0.29) is 22.8 Å². The van der Waals surface area contributed by atoms with Crippen molar-refractivity contribution in [3.63, 3.8) is 0 Å². The molecule has 0 bridgehead atoms. The van der Waals surface area contributed by atoms with Gasteiger partial charge in [0.1, 0.15) is 5.76 Å². The molecule has 146 valence electrons. The van der Waals surface area contributed by atoms with E-state index in [1.54, 1.807) is 29.6 Å². The van der Waals surface area contributed by atoms with E-state index in [4.69, 9.17) is 8.83 Å². The number of hydrogen-bond donors (Lipinski definition) is 2. The Balaban J connectivity index is 1.67. The number of aryl methyl sites for hydroxylation is 1. The fourth-order valence-electron chi connectivity index (χ4n) is 2.88. The van der Waals surface area contributed by atoms with Crippen molar-refractivity contribution in [1.82, 2.24) is 9.29 Å². The lowest BCUT2D eigenvalue weighted by atomic mass is 9.99. The predicted octanol–water partition coefficient (Wildman–Crippen LogP) is 2.00. The maximum Gasteiger partial charge on any atom is 0.419 e. The molecule has 0 saturated carbocycles. The molecule has 0 fully saturated rings. The van der Waals surface area contributed by atoms with Gasteiger partial charge in [-0.25, -0.2) is 17.9 Å². The maximum absolute atomic E-state index is 12.8. The van der Waals surface area contributed by atoms with E-state index in [9.17, 15) is 18.3 Å². The van der Waals surface area contributed by atoms with Gasteiger partial charge < -0.3 is 13.9 Å². The maximum atomic E-state index is 12.8. The molecule has 3 heterocycles. The first-order valence-electron chi connectivity index (χ1n) is 8.21. The smallest absolute Gasteiger partial charge is 0.419 e. The van der Waals surface area contributed by atoms with Gasteiger partial charge in [-0.2, -0.15) is 0 Å². The molecule has 1 atom stereocenters. The zero-order valence-electron chi connectivity index (χ0n) is 14.7. The SMILES string of the molecule is Cn1c(=O)oc2ccc(S(=O)(=O)NC[C@@](O)(c3ccco3)c3cccs3)cc21. The van der Waals surface area contributed by atoms with Crippen molar-refractivity contribution in [2.24, 2.45) is 7.05 Å². The summed E-state index contributed by atoms with van der Waals surface area (Å²) in [4.78, 5) is 12.1. The van der Waals surface area contributed by atoms with E-state index in [1.807, 2.05) is 0 Å². The average molecular weight is 420 g/mol. The van der Waals surface area contributed by atoms with E-state index in [2.05, 4.69) is 4.72 Å². The Kier molecular flexibility index (Phi) is 4.50. The summed E-state index contributed by atoms with van der Waals surface area (Å²) in [6.45, 7) is -0.328. The van der Waals surface area contributed by atoms with Crippen LogP contribution in [-0.4, -0.2) is 24.6 Å². The molecule has 3 aromatic heterocycles. The van der Waals surface area contributed by atoms with Crippen LogP contribution in [0, 0.1) is 0 Å². The Hall–Kier alpha value is -2.66. The van der Waals surface area contributed by atoms with Crippen molar-refractivity contribution in [3.8, 4) is 0 Å². The predicted molar refractivity (Wildman–Crippen MR) is 103 cm³/mol. The van der Waals surface area contributed by atoms with Crippen molar-refractivity contribution in [2.45, 2.75) is 10.5 Å². The van der Waals surface area contributed by atoms with Crippen molar-refractivity contribution in [3.05, 3.63) is 75.3 Å². The lowest BCUT2D eigenvalue weighted by Gasteiger charge is -2.25. The highest BCUT2D eigenvalue weighted by molar-refractivity contribution is 7.89. The van der Waals surface area contributed by atoms with E-state index >= 15 is 0 Å². The van der Waals surface area contributed by atoms with Crippen molar-refractivity contribution < 1.29 is 22.4 Å². The fourth-order valence-corrected chi connectivity index (χ4v) is 4.79. The standard InChI is InChI=1S/C18H16N2O6S2/c1-20-13-10-12(6-7-14(13)26-17(20)21)28(23,24)19-11-18(22,15-4-2-8-25-15)16-5-3-9-27-16/h2-10,19,22H,11H2,1H3/t18-/m1/s1. The molecular weight excluding hydrogens is 404 g/mol. The molecule has 8 nitrogen and oxygen atoms in total. The van der Waals surface area contributed by atoms with Crippen molar-refractivity contribution >= 4 is 32.5 Å². The summed E-state index contributed by atoms with van der Waals surface area (Å²) >= 11 is 1.29. The Morgan fingerprint density at radius 2 is 2.07 bits per heavy atom. The van der Waals surface area contributed by atoms with Crippen LogP contribution in [0.4, 0.5) is 0 Å². The van der Waals surface area contributed by atoms with Crippen LogP contribution in [0.15, 0.2) is 72.6 Å². The molecule has 0 spiro atoms. The normalized spacial score (nSPS) is 14.4. The summed E-state index contributed by atoms with van der Waals surface area (Å²) in [5.74, 6) is -0.354. The fraction of sp³-hybridized carbons (Fsp3) is 0.167. The third kappa shape index (κ3) is 3.10. The van der Waals surface area contributed by atoms with Crippen molar-refractivity contribution in [2.75, 3.05) is 6.54 Å². The van der Waals surface area contributed by atoms with Crippen LogP contribution in [0.5, 0.6) is 0 Å². The van der Waals surface area contributed by atoms with Gasteiger partial charge in [0.15, 0.2) is 11.2 Å². The minimum absolute atomic E-state index is 0.0515. The van der Waals surface area contributed by atoms with Crippen LogP contribution in [0.1, 0.15) is 10.6 Å². The van der Waals surface area contributed by atoms with Crippen LogP contribution in [0.2, 0.25) is 0 Å². The van der Waals surface area contributed by atoms with Crippen molar-refractivity contribution in [1.29, 1.82) is 0 Å². The second-order valence-corrected chi connectivity index (χ2v) is 8.91. The first kappa shape index (κ1) is 18.7. The van der Waals surface area contributed by atoms with E-state index in [0.29, 0.717) is 10.4 Å². The minimum Gasteiger partial charge on any atom is -0.466 e. The third-order valence-electron chi connectivity index (χ3n) is 4.45. The highest BCUT2D eigenvalue weighted by atomic mass is 32.2. The topological polar surface area (TPSA) is 115 Å². The quantitative estimate of drug-likeness (QED) is 0.493. The number of aromatic nitrogens is 1. The van der Waals surface area contributed by atoms with Gasteiger partial charge in [-0.05, 0) is 41.8 Å². The second-order valence-electron chi connectivity index (χ2n) is 6.20. The Bertz CT molecular complexity index is 1230. The number of rotatable bonds is 6. The molecule has 0 unspecified atom stereocenters. The number of nitrogens with one attached hydrogen (secondary N) is 1. The second kappa shape index (κ2) is 6.74. The minimum atomic E-state index is -3.98. The number of thiophene rings is 1. The number of aliphatic hydroxyl groups is 1. The summed E-state index contributed by atoms with van der Waals surface area (Å²) in [6, 6.07) is 10.8. The number of fused-ring (bicyclic) bond motifs is 1. The molecule has 0 aliphatic rings. The van der Waals surface area contributed by atoms with Crippen LogP contribution in [0.3, 0.4) is 0 Å². The highest BCUT2D eigenvalue weighted by Gasteiger charge is 2.37. The molecule has 4 aromatic rings. The van der Waals surface area contributed by atoms with Gasteiger partial charge >= 0.3 is 5.76 Å². The molecular formula is C18H16N2O6S2. The van der Waals surface area contributed by atoms with Crippen LogP contribution in [-0.2, 0) is 22.7 Å². The number of sulfonamides is 1. The molecule has 0 aliphatic carbocycles. The molecule has 0 saturated heterocycles. The third-order valence-corrected chi connectivity index (χ3v) is 6.87. The average Bonchev–Trinajstić information content (AvgIpc) is 3.43. The van der Waals surface area contributed by atoms with Crippen LogP contribution in [0.25, 0.3) is 11.1 Å². The lowest BCUT2D eigenvalue weighted by Crippen LogP contribution is -2.40. The van der Waals surface area contributed by atoms with Crippen LogP contribution >= 0.6 is 11.3 Å². The summed E-state index contributed by atoms with van der Waals surface area (Å²) in [5.41, 5.74) is -1.01. The largest absolute Gasteiger partial charge is 0.466 e. The van der Waals surface area contributed by atoms with E-state index < -0.39 is 21.4 Å². The zero-order chi connectivity index (χ0) is 19.9. The summed E-state index contributed by atoms with van der Waals surface area (Å²) in [6.07, 6.45) is 1.41. The van der Waals surface area contributed by atoms with E-state index in [0.717, 1.165) is 0 Å². The van der Waals surface area contributed by atoms with Gasteiger partial charge in [-0.1, -0.05) is 6.07 Å². The lowest BCUT2D eigenvalue weighted by molar-refractivity contribution is 0.0655.